The predicted molar refractivity (Wildman–Crippen MR) is 117 cm³/mol. The number of fused-ring (bicyclic) bond motifs is 3. The van der Waals surface area contributed by atoms with Gasteiger partial charge in [0.15, 0.2) is 0 Å². The summed E-state index contributed by atoms with van der Waals surface area (Å²) in [5.74, 6) is -0.944. The lowest BCUT2D eigenvalue weighted by atomic mass is 9.91. The van der Waals surface area contributed by atoms with Gasteiger partial charge < -0.3 is 25.0 Å². The van der Waals surface area contributed by atoms with Crippen molar-refractivity contribution >= 4 is 11.9 Å². The maximum Gasteiger partial charge on any atom is 0.342 e. The zero-order valence-electron chi connectivity index (χ0n) is 17.6. The minimum absolute atomic E-state index is 0.134. The van der Waals surface area contributed by atoms with E-state index >= 15 is 0 Å². The number of ether oxygens (including phenoxy) is 2. The van der Waals surface area contributed by atoms with Gasteiger partial charge in [0, 0.05) is 24.6 Å². The van der Waals surface area contributed by atoms with Crippen LogP contribution < -0.4 is 5.32 Å². The molecule has 1 saturated heterocycles. The SMILES string of the molecule is O=C(N/C=C/C[C@H]1C[C@H]2C[C@H](O)C[C@H](Cc3cccc(O)c3C(=O)O1)O2)c1ccccc1. The number of phenolic OH excluding ortho intramolecular Hbond substituents is 1. The number of carbonyl (C=O) groups is 2. The maximum absolute atomic E-state index is 12.9. The Kier molecular flexibility index (Phi) is 6.87. The zero-order valence-corrected chi connectivity index (χ0v) is 17.6. The molecule has 0 spiro atoms. The Hall–Kier alpha value is -3.16. The van der Waals surface area contributed by atoms with Crippen molar-refractivity contribution in [3.63, 3.8) is 0 Å². The Balaban J connectivity index is 1.48. The zero-order chi connectivity index (χ0) is 22.5. The summed E-state index contributed by atoms with van der Waals surface area (Å²) < 4.78 is 11.9. The lowest BCUT2D eigenvalue weighted by Gasteiger charge is -2.36. The van der Waals surface area contributed by atoms with E-state index in [0.29, 0.717) is 43.2 Å². The van der Waals surface area contributed by atoms with Crippen LogP contribution in [0.5, 0.6) is 5.75 Å². The van der Waals surface area contributed by atoms with E-state index in [2.05, 4.69) is 5.32 Å². The summed E-state index contributed by atoms with van der Waals surface area (Å²) in [6, 6.07) is 13.8. The number of nitrogens with one attached hydrogen (secondary N) is 1. The lowest BCUT2D eigenvalue weighted by molar-refractivity contribution is -0.109. The molecule has 0 unspecified atom stereocenters. The highest BCUT2D eigenvalue weighted by Crippen LogP contribution is 2.32. The second kappa shape index (κ2) is 9.97. The van der Waals surface area contributed by atoms with E-state index in [1.54, 1.807) is 42.5 Å². The van der Waals surface area contributed by atoms with E-state index in [0.717, 1.165) is 0 Å². The predicted octanol–water partition coefficient (Wildman–Crippen LogP) is 3.11. The van der Waals surface area contributed by atoms with Gasteiger partial charge in [0.1, 0.15) is 17.4 Å². The molecule has 1 fully saturated rings. The first kappa shape index (κ1) is 22.0. The molecule has 2 heterocycles. The second-order valence-electron chi connectivity index (χ2n) is 8.26. The fourth-order valence-corrected chi connectivity index (χ4v) is 4.33. The first-order chi connectivity index (χ1) is 15.5. The lowest BCUT2D eigenvalue weighted by Crippen LogP contribution is -2.40. The van der Waals surface area contributed by atoms with Crippen molar-refractivity contribution in [1.82, 2.24) is 5.32 Å². The van der Waals surface area contributed by atoms with E-state index < -0.39 is 18.2 Å². The standard InChI is InChI=1S/C25H27NO6/c27-18-13-20-12-17-8-4-10-22(28)23(17)25(30)32-19(15-21(14-18)31-20)9-5-11-26-24(29)16-6-2-1-3-7-16/h1-8,10-11,18-21,27-28H,9,12-15H2,(H,26,29)/b11-5+/t18-,19+,20+,21-/m1/s1. The Morgan fingerprint density at radius 1 is 1.06 bits per heavy atom. The first-order valence-electron chi connectivity index (χ1n) is 10.9. The van der Waals surface area contributed by atoms with Crippen LogP contribution in [-0.2, 0) is 15.9 Å². The van der Waals surface area contributed by atoms with Gasteiger partial charge in [-0.2, -0.15) is 0 Å². The monoisotopic (exact) mass is 437 g/mol. The van der Waals surface area contributed by atoms with Crippen LogP contribution in [0.15, 0.2) is 60.8 Å². The highest BCUT2D eigenvalue weighted by atomic mass is 16.5. The summed E-state index contributed by atoms with van der Waals surface area (Å²) in [7, 11) is 0. The molecule has 2 aliphatic heterocycles. The van der Waals surface area contributed by atoms with Crippen LogP contribution in [0, 0.1) is 0 Å². The normalized spacial score (nSPS) is 25.6. The van der Waals surface area contributed by atoms with Crippen LogP contribution in [0.25, 0.3) is 0 Å². The first-order valence-corrected chi connectivity index (χ1v) is 10.9. The minimum Gasteiger partial charge on any atom is -0.507 e. The molecule has 3 N–H and O–H groups in total. The molecule has 7 nitrogen and oxygen atoms in total. The summed E-state index contributed by atoms with van der Waals surface area (Å²) in [4.78, 5) is 25.1. The summed E-state index contributed by atoms with van der Waals surface area (Å²) in [6.07, 6.45) is 3.91. The fraction of sp³-hybridized carbons (Fsp3) is 0.360. The van der Waals surface area contributed by atoms with Gasteiger partial charge in [0.05, 0.1) is 18.3 Å². The molecule has 2 aliphatic rings. The highest BCUT2D eigenvalue weighted by Gasteiger charge is 2.34. The van der Waals surface area contributed by atoms with Gasteiger partial charge >= 0.3 is 5.97 Å². The van der Waals surface area contributed by atoms with E-state index in [1.165, 1.54) is 12.3 Å². The highest BCUT2D eigenvalue weighted by molar-refractivity contribution is 5.95. The van der Waals surface area contributed by atoms with Gasteiger partial charge in [-0.25, -0.2) is 4.79 Å². The number of amides is 1. The van der Waals surface area contributed by atoms with Crippen LogP contribution >= 0.6 is 0 Å². The molecule has 0 saturated carbocycles. The molecule has 32 heavy (non-hydrogen) atoms. The average molecular weight is 437 g/mol. The third-order valence-electron chi connectivity index (χ3n) is 5.80. The molecular formula is C25H27NO6. The molecule has 4 rings (SSSR count). The van der Waals surface area contributed by atoms with Crippen LogP contribution in [0.3, 0.4) is 0 Å². The van der Waals surface area contributed by atoms with Gasteiger partial charge in [-0.15, -0.1) is 0 Å². The van der Waals surface area contributed by atoms with Crippen molar-refractivity contribution in [2.45, 2.75) is 56.5 Å². The number of aliphatic hydroxyl groups excluding tert-OH is 1. The van der Waals surface area contributed by atoms with Crippen molar-refractivity contribution in [3.8, 4) is 5.75 Å². The van der Waals surface area contributed by atoms with Gasteiger partial charge in [0.2, 0.25) is 0 Å². The Morgan fingerprint density at radius 2 is 1.84 bits per heavy atom. The number of phenols is 1. The summed E-state index contributed by atoms with van der Waals surface area (Å²) in [5, 5.41) is 23.3. The smallest absolute Gasteiger partial charge is 0.342 e. The molecule has 0 aliphatic carbocycles. The number of hydrogen-bond acceptors (Lipinski definition) is 6. The summed E-state index contributed by atoms with van der Waals surface area (Å²) in [6.45, 7) is 0. The van der Waals surface area contributed by atoms with E-state index in [1.807, 2.05) is 6.07 Å². The molecule has 2 aromatic rings. The van der Waals surface area contributed by atoms with E-state index in [4.69, 9.17) is 9.47 Å². The average Bonchev–Trinajstić information content (AvgIpc) is 2.76. The van der Waals surface area contributed by atoms with Crippen LogP contribution in [0.4, 0.5) is 0 Å². The molecule has 168 valence electrons. The number of rotatable bonds is 4. The largest absolute Gasteiger partial charge is 0.507 e. The fourth-order valence-electron chi connectivity index (χ4n) is 4.33. The number of carbonyl (C=O) groups excluding carboxylic acids is 2. The van der Waals surface area contributed by atoms with Crippen LogP contribution in [-0.4, -0.2) is 46.5 Å². The van der Waals surface area contributed by atoms with Crippen molar-refractivity contribution in [1.29, 1.82) is 0 Å². The molecule has 2 aromatic carbocycles. The Bertz CT molecular complexity index is 989. The van der Waals surface area contributed by atoms with Gasteiger partial charge in [0.25, 0.3) is 5.91 Å². The molecular weight excluding hydrogens is 410 g/mol. The van der Waals surface area contributed by atoms with Crippen molar-refractivity contribution in [3.05, 3.63) is 77.5 Å². The number of aromatic hydroxyl groups is 1. The number of aliphatic hydroxyl groups is 1. The Morgan fingerprint density at radius 3 is 2.66 bits per heavy atom. The number of benzene rings is 2. The van der Waals surface area contributed by atoms with E-state index in [-0.39, 0.29) is 29.4 Å². The molecule has 7 heteroatoms. The number of hydrogen-bond donors (Lipinski definition) is 3. The molecule has 1 amide bonds. The van der Waals surface area contributed by atoms with Gasteiger partial charge in [-0.05, 0) is 43.0 Å². The second-order valence-corrected chi connectivity index (χ2v) is 8.26. The third-order valence-corrected chi connectivity index (χ3v) is 5.80. The topological polar surface area (TPSA) is 105 Å². The van der Waals surface area contributed by atoms with Crippen LogP contribution in [0.1, 0.15) is 52.0 Å². The maximum atomic E-state index is 12.9. The minimum atomic E-state index is -0.578. The molecule has 0 radical (unpaired) electrons. The van der Waals surface area contributed by atoms with Crippen LogP contribution in [0.2, 0.25) is 0 Å². The molecule has 2 bridgehead atoms. The Labute approximate surface area is 186 Å². The third kappa shape index (κ3) is 5.36. The van der Waals surface area contributed by atoms with Crippen molar-refractivity contribution in [2.24, 2.45) is 0 Å². The number of cyclic esters (lactones) is 1. The number of esters is 1. The summed E-state index contributed by atoms with van der Waals surface area (Å²) >= 11 is 0. The van der Waals surface area contributed by atoms with Crippen molar-refractivity contribution in [2.75, 3.05) is 0 Å². The summed E-state index contributed by atoms with van der Waals surface area (Å²) in [5.41, 5.74) is 1.32. The molecule has 4 atom stereocenters. The van der Waals surface area contributed by atoms with Gasteiger partial charge in [-0.3, -0.25) is 4.79 Å². The van der Waals surface area contributed by atoms with E-state index in [9.17, 15) is 19.8 Å². The van der Waals surface area contributed by atoms with Gasteiger partial charge in [-0.1, -0.05) is 36.4 Å². The molecule has 0 aromatic heterocycles. The quantitative estimate of drug-likeness (QED) is 0.635. The van der Waals surface area contributed by atoms with Crippen molar-refractivity contribution < 1.29 is 29.3 Å².